The number of rotatable bonds is 8. The summed E-state index contributed by atoms with van der Waals surface area (Å²) in [5, 5.41) is 14.6. The number of nitrogens with zero attached hydrogens (tertiary/aromatic N) is 2. The van der Waals surface area contributed by atoms with Crippen molar-refractivity contribution in [1.82, 2.24) is 9.80 Å². The lowest BCUT2D eigenvalue weighted by Crippen LogP contribution is -2.48. The van der Waals surface area contributed by atoms with Gasteiger partial charge in [-0.05, 0) is 87.0 Å². The Morgan fingerprint density at radius 1 is 1.15 bits per heavy atom. The fraction of sp³-hybridized carbons (Fsp3) is 0.455. The van der Waals surface area contributed by atoms with Crippen LogP contribution in [0.15, 0.2) is 64.2 Å². The SMILES string of the molecule is C[C@@H]1CCCCO[C@H](CN(C)C(=O)Nc2ccc(F)cc2)[C@@H](C)CN([C@@H](C)CO)C(=O)c2cc(NS(=O)(=O)c3cccs3)ccc2O1. The number of aliphatic hydroxyl groups is 1. The van der Waals surface area contributed by atoms with Gasteiger partial charge in [-0.3, -0.25) is 9.52 Å². The number of aliphatic hydroxyl groups excluding tert-OH is 1. The Hall–Kier alpha value is -3.72. The lowest BCUT2D eigenvalue weighted by Gasteiger charge is -2.35. The Morgan fingerprint density at radius 3 is 2.55 bits per heavy atom. The summed E-state index contributed by atoms with van der Waals surface area (Å²) in [6.45, 7) is 6.02. The molecule has 1 aromatic heterocycles. The maximum atomic E-state index is 14.3. The van der Waals surface area contributed by atoms with Crippen molar-refractivity contribution in [3.63, 3.8) is 0 Å². The third kappa shape index (κ3) is 9.89. The molecule has 3 aromatic rings. The van der Waals surface area contributed by atoms with Gasteiger partial charge in [0.05, 0.1) is 30.4 Å². The van der Waals surface area contributed by atoms with Crippen LogP contribution in [0.3, 0.4) is 0 Å². The molecule has 0 saturated carbocycles. The first-order valence-electron chi connectivity index (χ1n) is 15.6. The average molecular weight is 691 g/mol. The van der Waals surface area contributed by atoms with E-state index in [1.807, 2.05) is 13.8 Å². The molecule has 0 fully saturated rings. The number of halogens is 1. The van der Waals surface area contributed by atoms with E-state index in [4.69, 9.17) is 9.47 Å². The highest BCUT2D eigenvalue weighted by Crippen LogP contribution is 2.30. The Balaban J connectivity index is 1.61. The molecule has 0 aliphatic carbocycles. The van der Waals surface area contributed by atoms with Gasteiger partial charge in [-0.1, -0.05) is 13.0 Å². The van der Waals surface area contributed by atoms with Gasteiger partial charge in [-0.15, -0.1) is 11.3 Å². The van der Waals surface area contributed by atoms with E-state index >= 15 is 0 Å². The van der Waals surface area contributed by atoms with E-state index in [0.717, 1.165) is 24.2 Å². The van der Waals surface area contributed by atoms with Crippen molar-refractivity contribution < 1.29 is 37.0 Å². The van der Waals surface area contributed by atoms with Crippen LogP contribution >= 0.6 is 11.3 Å². The van der Waals surface area contributed by atoms with Gasteiger partial charge in [0, 0.05) is 44.0 Å². The number of likely N-dealkylation sites (N-methyl/N-ethyl adjacent to an activating group) is 1. The number of thiophene rings is 1. The van der Waals surface area contributed by atoms with Gasteiger partial charge < -0.3 is 29.7 Å². The average Bonchev–Trinajstić information content (AvgIpc) is 3.60. The van der Waals surface area contributed by atoms with Crippen molar-refractivity contribution in [2.24, 2.45) is 5.92 Å². The van der Waals surface area contributed by atoms with Crippen molar-refractivity contribution in [3.8, 4) is 5.75 Å². The minimum atomic E-state index is -3.87. The highest BCUT2D eigenvalue weighted by Gasteiger charge is 2.31. The van der Waals surface area contributed by atoms with Crippen molar-refractivity contribution in [3.05, 3.63) is 71.4 Å². The molecule has 0 unspecified atom stereocenters. The predicted molar refractivity (Wildman–Crippen MR) is 180 cm³/mol. The van der Waals surface area contributed by atoms with Crippen LogP contribution < -0.4 is 14.8 Å². The highest BCUT2D eigenvalue weighted by molar-refractivity contribution is 7.94. The minimum absolute atomic E-state index is 0.139. The summed E-state index contributed by atoms with van der Waals surface area (Å²) in [5.74, 6) is -0.836. The molecule has 3 amide bonds. The highest BCUT2D eigenvalue weighted by atomic mass is 32.2. The van der Waals surface area contributed by atoms with Crippen LogP contribution in [0.4, 0.5) is 20.6 Å². The third-order valence-electron chi connectivity index (χ3n) is 7.96. The number of urea groups is 1. The number of fused-ring (bicyclic) bond motifs is 1. The van der Waals surface area contributed by atoms with Crippen molar-refractivity contribution in [1.29, 1.82) is 0 Å². The molecule has 3 N–H and O–H groups in total. The van der Waals surface area contributed by atoms with Gasteiger partial charge in [0.25, 0.3) is 15.9 Å². The first-order valence-corrected chi connectivity index (χ1v) is 17.9. The van der Waals surface area contributed by atoms with E-state index in [-0.39, 0.29) is 47.2 Å². The molecule has 0 bridgehead atoms. The number of carbonyl (C=O) groups is 2. The molecule has 1 aliphatic rings. The molecule has 0 spiro atoms. The zero-order valence-electron chi connectivity index (χ0n) is 27.0. The Bertz CT molecular complexity index is 1590. The second-order valence-corrected chi connectivity index (χ2v) is 14.7. The fourth-order valence-corrected chi connectivity index (χ4v) is 7.22. The summed E-state index contributed by atoms with van der Waals surface area (Å²) >= 11 is 1.08. The summed E-state index contributed by atoms with van der Waals surface area (Å²) in [5.41, 5.74) is 0.799. The quantitative estimate of drug-likeness (QED) is 0.278. The topological polar surface area (TPSA) is 138 Å². The Labute approximate surface area is 279 Å². The number of nitrogens with one attached hydrogen (secondary N) is 2. The molecular weight excluding hydrogens is 648 g/mol. The minimum Gasteiger partial charge on any atom is -0.490 e. The van der Waals surface area contributed by atoms with Crippen LogP contribution in [0.25, 0.3) is 0 Å². The van der Waals surface area contributed by atoms with Crippen molar-refractivity contribution >= 4 is 44.7 Å². The predicted octanol–water partition coefficient (Wildman–Crippen LogP) is 5.65. The number of sulfonamides is 1. The Kier molecular flexibility index (Phi) is 12.6. The van der Waals surface area contributed by atoms with Gasteiger partial charge in [-0.2, -0.15) is 0 Å². The molecule has 4 atom stereocenters. The second kappa shape index (κ2) is 16.4. The van der Waals surface area contributed by atoms with Crippen LogP contribution in [0.2, 0.25) is 0 Å². The van der Waals surface area contributed by atoms with Crippen LogP contribution in [-0.2, 0) is 14.8 Å². The van der Waals surface area contributed by atoms with Gasteiger partial charge >= 0.3 is 6.03 Å². The van der Waals surface area contributed by atoms with Crippen LogP contribution in [-0.4, -0.2) is 86.9 Å². The van der Waals surface area contributed by atoms with Gasteiger partial charge in [0.2, 0.25) is 0 Å². The molecule has 11 nitrogen and oxygen atoms in total. The molecule has 2 aromatic carbocycles. The molecule has 2 heterocycles. The zero-order valence-corrected chi connectivity index (χ0v) is 28.7. The molecule has 256 valence electrons. The van der Waals surface area contributed by atoms with Gasteiger partial charge in [-0.25, -0.2) is 17.6 Å². The zero-order chi connectivity index (χ0) is 34.1. The second-order valence-electron chi connectivity index (χ2n) is 11.9. The lowest BCUT2D eigenvalue weighted by atomic mass is 10.0. The third-order valence-corrected chi connectivity index (χ3v) is 10.7. The van der Waals surface area contributed by atoms with Crippen molar-refractivity contribution in [2.75, 3.05) is 43.4 Å². The normalized spacial score (nSPS) is 20.3. The molecule has 14 heteroatoms. The van der Waals surface area contributed by atoms with Crippen LogP contribution in [0.1, 0.15) is 50.4 Å². The summed E-state index contributed by atoms with van der Waals surface area (Å²) in [6, 6.07) is 12.2. The maximum absolute atomic E-state index is 14.3. The number of hydrogen-bond donors (Lipinski definition) is 3. The molecule has 4 rings (SSSR count). The molecule has 47 heavy (non-hydrogen) atoms. The first-order chi connectivity index (χ1) is 22.4. The van der Waals surface area contributed by atoms with E-state index in [9.17, 15) is 27.5 Å². The number of anilines is 2. The summed E-state index contributed by atoms with van der Waals surface area (Å²) in [7, 11) is -2.24. The van der Waals surface area contributed by atoms with E-state index in [1.165, 1.54) is 46.2 Å². The summed E-state index contributed by atoms with van der Waals surface area (Å²) < 4.78 is 54.5. The fourth-order valence-electron chi connectivity index (χ4n) is 5.18. The van der Waals surface area contributed by atoms with E-state index in [0.29, 0.717) is 24.5 Å². The molecular formula is C33H43FN4O7S2. The summed E-state index contributed by atoms with van der Waals surface area (Å²) in [4.78, 5) is 30.3. The number of carbonyl (C=O) groups excluding carboxylic acids is 2. The molecule has 1 aliphatic heterocycles. The maximum Gasteiger partial charge on any atom is 0.321 e. The lowest BCUT2D eigenvalue weighted by molar-refractivity contribution is -0.0115. The van der Waals surface area contributed by atoms with Crippen LogP contribution in [0.5, 0.6) is 5.75 Å². The number of benzene rings is 2. The summed E-state index contributed by atoms with van der Waals surface area (Å²) in [6.07, 6.45) is 1.49. The van der Waals surface area contributed by atoms with Crippen LogP contribution in [0, 0.1) is 11.7 Å². The van der Waals surface area contributed by atoms with Gasteiger partial charge in [0.15, 0.2) is 0 Å². The molecule has 0 radical (unpaired) electrons. The largest absolute Gasteiger partial charge is 0.490 e. The number of amides is 3. The number of hydrogen-bond acceptors (Lipinski definition) is 8. The Morgan fingerprint density at radius 2 is 1.87 bits per heavy atom. The first kappa shape index (κ1) is 36.1. The smallest absolute Gasteiger partial charge is 0.321 e. The van der Waals surface area contributed by atoms with Gasteiger partial charge in [0.1, 0.15) is 15.8 Å². The monoisotopic (exact) mass is 690 g/mol. The number of ether oxygens (including phenoxy) is 2. The van der Waals surface area contributed by atoms with E-state index in [2.05, 4.69) is 10.0 Å². The standard InChI is InChI=1S/C33H43FN4O7S2/c1-22-19-38(23(2)21-39)32(40)28-18-27(36-47(42,43)31-9-7-17-46-31)14-15-29(28)45-24(3)8-5-6-16-44-30(22)20-37(4)33(41)35-26-12-10-25(34)11-13-26/h7,9-15,17-18,22-24,30,36,39H,5-6,8,16,19-21H2,1-4H3,(H,35,41)/t22-,23-,24+,30+/m0/s1. The van der Waals surface area contributed by atoms with Crippen molar-refractivity contribution in [2.45, 2.75) is 62.5 Å². The van der Waals surface area contributed by atoms with E-state index < -0.39 is 39.9 Å². The molecule has 0 saturated heterocycles. The van der Waals surface area contributed by atoms with E-state index in [1.54, 1.807) is 37.6 Å².